The predicted octanol–water partition coefficient (Wildman–Crippen LogP) is 2.25. The number of hydrogen-bond donors (Lipinski definition) is 1. The molecule has 0 bridgehead atoms. The molecule has 7 heteroatoms. The monoisotopic (exact) mass is 393 g/mol. The number of nitrogens with two attached hydrogens (primary N) is 1. The van der Waals surface area contributed by atoms with Gasteiger partial charge in [0.25, 0.3) is 0 Å². The summed E-state index contributed by atoms with van der Waals surface area (Å²) in [5.41, 5.74) is 9.99. The maximum atomic E-state index is 11.9. The smallest absolute Gasteiger partial charge is 0.227 e. The van der Waals surface area contributed by atoms with Crippen LogP contribution in [0.3, 0.4) is 0 Å². The second kappa shape index (κ2) is 7.39. The van der Waals surface area contributed by atoms with Gasteiger partial charge in [-0.15, -0.1) is 0 Å². The third kappa shape index (κ3) is 3.49. The van der Waals surface area contributed by atoms with Crippen LogP contribution in [0.15, 0.2) is 30.5 Å². The van der Waals surface area contributed by atoms with Gasteiger partial charge in [-0.2, -0.15) is 0 Å². The lowest BCUT2D eigenvalue weighted by Gasteiger charge is -2.44. The minimum Gasteiger partial charge on any atom is -0.368 e. The molecule has 2 saturated heterocycles. The molecular formula is C22H27N5O2. The van der Waals surface area contributed by atoms with Crippen LogP contribution in [0.1, 0.15) is 42.5 Å². The molecule has 0 saturated carbocycles. The third-order valence-corrected chi connectivity index (χ3v) is 6.46. The van der Waals surface area contributed by atoms with E-state index in [9.17, 15) is 4.79 Å². The van der Waals surface area contributed by atoms with E-state index in [4.69, 9.17) is 10.5 Å². The number of anilines is 2. The molecular weight excluding hydrogens is 366 g/mol. The fourth-order valence-corrected chi connectivity index (χ4v) is 4.84. The Bertz CT molecular complexity index is 906. The lowest BCUT2D eigenvalue weighted by atomic mass is 9.83. The van der Waals surface area contributed by atoms with E-state index in [0.717, 1.165) is 69.9 Å². The number of amides is 1. The molecule has 1 aromatic heterocycles. The van der Waals surface area contributed by atoms with Gasteiger partial charge in [-0.3, -0.25) is 9.69 Å². The van der Waals surface area contributed by atoms with Crippen molar-refractivity contribution in [2.24, 2.45) is 0 Å². The second-order valence-electron chi connectivity index (χ2n) is 8.29. The highest BCUT2D eigenvalue weighted by atomic mass is 16.5. The zero-order valence-electron chi connectivity index (χ0n) is 16.6. The first-order valence-corrected chi connectivity index (χ1v) is 10.5. The van der Waals surface area contributed by atoms with Crippen molar-refractivity contribution in [3.05, 3.63) is 47.3 Å². The average Bonchev–Trinajstić information content (AvgIpc) is 3.17. The van der Waals surface area contributed by atoms with Crippen molar-refractivity contribution >= 4 is 17.5 Å². The Morgan fingerprint density at radius 2 is 1.90 bits per heavy atom. The van der Waals surface area contributed by atoms with Crippen LogP contribution in [0.25, 0.3) is 0 Å². The number of aromatic nitrogens is 2. The fraction of sp³-hybridized carbons (Fsp3) is 0.500. The summed E-state index contributed by atoms with van der Waals surface area (Å²) >= 11 is 0. The van der Waals surface area contributed by atoms with E-state index < -0.39 is 0 Å². The van der Waals surface area contributed by atoms with E-state index in [-0.39, 0.29) is 11.5 Å². The maximum absolute atomic E-state index is 11.9. The number of benzene rings is 1. The molecule has 3 aliphatic rings. The first-order chi connectivity index (χ1) is 14.1. The molecule has 152 valence electrons. The van der Waals surface area contributed by atoms with E-state index in [0.29, 0.717) is 12.4 Å². The van der Waals surface area contributed by atoms with Gasteiger partial charge in [0.1, 0.15) is 5.60 Å². The van der Waals surface area contributed by atoms with Crippen molar-refractivity contribution in [1.82, 2.24) is 14.9 Å². The summed E-state index contributed by atoms with van der Waals surface area (Å²) in [6.07, 6.45) is 6.17. The molecule has 1 spiro atoms. The zero-order valence-corrected chi connectivity index (χ0v) is 16.6. The van der Waals surface area contributed by atoms with Crippen LogP contribution in [-0.4, -0.2) is 47.0 Å². The van der Waals surface area contributed by atoms with Gasteiger partial charge in [-0.05, 0) is 48.9 Å². The molecule has 2 N–H and O–H groups in total. The largest absolute Gasteiger partial charge is 0.368 e. The summed E-state index contributed by atoms with van der Waals surface area (Å²) in [5, 5.41) is 0. The molecule has 7 nitrogen and oxygen atoms in total. The topological polar surface area (TPSA) is 84.6 Å². The molecule has 3 aliphatic heterocycles. The number of carbonyl (C=O) groups is 1. The number of ether oxygens (including phenoxy) is 1. The number of nitrogen functional groups attached to an aromatic ring is 1. The van der Waals surface area contributed by atoms with E-state index in [1.807, 2.05) is 11.1 Å². The standard InChI is InChI=1S/C22H27N5O2/c23-21-24-14-17-7-13-29-22(20(17)25-21)8-11-26(12-9-22)15-16-3-5-18(6-4-16)27-10-1-2-19(27)28/h3-6,14H,1-2,7-13,15H2,(H2,23,24,25). The number of rotatable bonds is 3. The van der Waals surface area contributed by atoms with Gasteiger partial charge in [0.2, 0.25) is 11.9 Å². The van der Waals surface area contributed by atoms with Gasteiger partial charge >= 0.3 is 0 Å². The van der Waals surface area contributed by atoms with Crippen molar-refractivity contribution in [3.8, 4) is 0 Å². The Labute approximate surface area is 170 Å². The molecule has 0 unspecified atom stereocenters. The summed E-state index contributed by atoms with van der Waals surface area (Å²) in [6, 6.07) is 8.44. The van der Waals surface area contributed by atoms with Gasteiger partial charge in [0, 0.05) is 44.5 Å². The lowest BCUT2D eigenvalue weighted by Crippen LogP contribution is -2.47. The summed E-state index contributed by atoms with van der Waals surface area (Å²) in [5.74, 6) is 0.559. The van der Waals surface area contributed by atoms with Crippen molar-refractivity contribution in [3.63, 3.8) is 0 Å². The van der Waals surface area contributed by atoms with Crippen molar-refractivity contribution in [1.29, 1.82) is 0 Å². The molecule has 5 rings (SSSR count). The van der Waals surface area contributed by atoms with Crippen molar-refractivity contribution < 1.29 is 9.53 Å². The number of fused-ring (bicyclic) bond motifs is 2. The number of carbonyl (C=O) groups excluding carboxylic acids is 1. The Kier molecular flexibility index (Phi) is 4.72. The molecule has 1 aromatic carbocycles. The minimum absolute atomic E-state index is 0.233. The molecule has 0 radical (unpaired) electrons. The highest BCUT2D eigenvalue weighted by Gasteiger charge is 2.42. The van der Waals surface area contributed by atoms with Gasteiger partial charge in [0.05, 0.1) is 12.3 Å². The van der Waals surface area contributed by atoms with E-state index in [2.05, 4.69) is 39.1 Å². The molecule has 4 heterocycles. The van der Waals surface area contributed by atoms with Crippen molar-refractivity contribution in [2.45, 2.75) is 44.2 Å². The zero-order chi connectivity index (χ0) is 19.8. The van der Waals surface area contributed by atoms with Crippen molar-refractivity contribution in [2.75, 3.05) is 36.9 Å². The Morgan fingerprint density at radius 3 is 2.62 bits per heavy atom. The lowest BCUT2D eigenvalue weighted by molar-refractivity contribution is -0.117. The first-order valence-electron chi connectivity index (χ1n) is 10.5. The number of likely N-dealkylation sites (tertiary alicyclic amines) is 1. The molecule has 2 aromatic rings. The maximum Gasteiger partial charge on any atom is 0.227 e. The van der Waals surface area contributed by atoms with Gasteiger partial charge < -0.3 is 15.4 Å². The third-order valence-electron chi connectivity index (χ3n) is 6.46. The Balaban J connectivity index is 1.24. The second-order valence-corrected chi connectivity index (χ2v) is 8.29. The normalized spacial score (nSPS) is 21.5. The highest BCUT2D eigenvalue weighted by Crippen LogP contribution is 2.40. The quantitative estimate of drug-likeness (QED) is 0.861. The fourth-order valence-electron chi connectivity index (χ4n) is 4.84. The number of hydrogen-bond acceptors (Lipinski definition) is 6. The average molecular weight is 393 g/mol. The first kappa shape index (κ1) is 18.5. The van der Waals surface area contributed by atoms with Crippen LogP contribution in [0, 0.1) is 0 Å². The number of piperidine rings is 1. The van der Waals surface area contributed by atoms with Crippen LogP contribution >= 0.6 is 0 Å². The molecule has 0 aliphatic carbocycles. The van der Waals surface area contributed by atoms with Crippen LogP contribution in [0.4, 0.5) is 11.6 Å². The Hall–Kier alpha value is -2.51. The van der Waals surface area contributed by atoms with E-state index in [1.54, 1.807) is 0 Å². The van der Waals surface area contributed by atoms with Gasteiger partial charge in [-0.25, -0.2) is 9.97 Å². The van der Waals surface area contributed by atoms with Gasteiger partial charge in [0.15, 0.2) is 0 Å². The van der Waals surface area contributed by atoms with E-state index >= 15 is 0 Å². The van der Waals surface area contributed by atoms with Crippen LogP contribution in [0.5, 0.6) is 0 Å². The summed E-state index contributed by atoms with van der Waals surface area (Å²) in [4.78, 5) is 25.0. The van der Waals surface area contributed by atoms with Crippen LogP contribution in [0.2, 0.25) is 0 Å². The molecule has 0 atom stereocenters. The molecule has 2 fully saturated rings. The van der Waals surface area contributed by atoms with Gasteiger partial charge in [-0.1, -0.05) is 12.1 Å². The summed E-state index contributed by atoms with van der Waals surface area (Å²) in [7, 11) is 0. The summed E-state index contributed by atoms with van der Waals surface area (Å²) in [6.45, 7) is 4.37. The predicted molar refractivity (Wildman–Crippen MR) is 110 cm³/mol. The SMILES string of the molecule is Nc1ncc2c(n1)C1(CCN(Cc3ccc(N4CCCC4=O)cc3)CC1)OCC2. The molecule has 29 heavy (non-hydrogen) atoms. The highest BCUT2D eigenvalue weighted by molar-refractivity contribution is 5.95. The summed E-state index contributed by atoms with van der Waals surface area (Å²) < 4.78 is 6.26. The van der Waals surface area contributed by atoms with E-state index in [1.165, 1.54) is 11.1 Å². The van der Waals surface area contributed by atoms with Crippen LogP contribution < -0.4 is 10.6 Å². The molecule has 1 amide bonds. The number of nitrogens with zero attached hydrogens (tertiary/aromatic N) is 4. The minimum atomic E-state index is -0.318. The van der Waals surface area contributed by atoms with Crippen LogP contribution in [-0.2, 0) is 28.1 Å². The Morgan fingerprint density at radius 1 is 1.10 bits per heavy atom.